The van der Waals surface area contributed by atoms with Crippen LogP contribution in [0.3, 0.4) is 0 Å². The number of anilines is 1. The van der Waals surface area contributed by atoms with E-state index >= 15 is 0 Å². The van der Waals surface area contributed by atoms with Gasteiger partial charge in [0.05, 0.1) is 22.8 Å². The molecule has 0 spiro atoms. The summed E-state index contributed by atoms with van der Waals surface area (Å²) in [4.78, 5) is 4.31. The van der Waals surface area contributed by atoms with Gasteiger partial charge in [-0.1, -0.05) is 19.9 Å². The molecule has 1 aliphatic carbocycles. The van der Waals surface area contributed by atoms with E-state index in [1.54, 1.807) is 19.1 Å². The largest absolute Gasteiger partial charge is 0.506 e. The van der Waals surface area contributed by atoms with Gasteiger partial charge in [0.25, 0.3) is 0 Å². The van der Waals surface area contributed by atoms with Crippen molar-refractivity contribution in [1.82, 2.24) is 4.98 Å². The fourth-order valence-corrected chi connectivity index (χ4v) is 5.06. The molecule has 5 nitrogen and oxygen atoms in total. The number of fused-ring (bicyclic) bond motifs is 2. The summed E-state index contributed by atoms with van der Waals surface area (Å²) in [5, 5.41) is 34.4. The summed E-state index contributed by atoms with van der Waals surface area (Å²) in [6.07, 6.45) is -5.91. The number of aromatic nitrogens is 1. The van der Waals surface area contributed by atoms with Crippen LogP contribution in [-0.2, 0) is 5.41 Å². The molecule has 3 N–H and O–H groups in total. The quantitative estimate of drug-likeness (QED) is 0.416. The second kappa shape index (κ2) is 7.57. The number of rotatable bonds is 2. The maximum absolute atomic E-state index is 15.0. The maximum Gasteiger partial charge on any atom is 0.419 e. The number of hydrogen-bond donors (Lipinski definition) is 3. The van der Waals surface area contributed by atoms with Gasteiger partial charge in [-0.2, -0.15) is 18.4 Å². The molecule has 178 valence electrons. The topological polar surface area (TPSA) is 89.2 Å². The van der Waals surface area contributed by atoms with E-state index in [1.165, 1.54) is 32.9 Å². The number of aliphatic hydroxyl groups is 1. The number of aryl methyl sites for hydroxylation is 2. The van der Waals surface area contributed by atoms with Crippen LogP contribution in [0.2, 0.25) is 0 Å². The number of phenolic OH excluding ortho intramolecular Hbond substituents is 1. The third kappa shape index (κ3) is 3.44. The fourth-order valence-electron chi connectivity index (χ4n) is 5.06. The molecule has 2 atom stereocenters. The van der Waals surface area contributed by atoms with E-state index in [2.05, 4.69) is 10.3 Å². The van der Waals surface area contributed by atoms with Crippen molar-refractivity contribution in [2.75, 3.05) is 5.32 Å². The first-order valence-corrected chi connectivity index (χ1v) is 10.6. The number of nitrogens with one attached hydrogen (secondary N) is 1. The average Bonchev–Trinajstić information content (AvgIpc) is 2.70. The van der Waals surface area contributed by atoms with Crippen LogP contribution in [0.15, 0.2) is 30.3 Å². The number of phenols is 1. The maximum atomic E-state index is 15.0. The summed E-state index contributed by atoms with van der Waals surface area (Å²) >= 11 is 0. The standard InChI is InChI=1S/C25H23F4N3O2/c1-12-9-15-19(21(33)16(12)10-30)23(3,4)11-24(34,25(27,28)29)22(15)32-20-14-6-5-13(2)31-18(14)8-7-17(20)26/h5-9,22,32-34H,11H2,1-4H3. The first-order valence-electron chi connectivity index (χ1n) is 10.6. The Morgan fingerprint density at radius 2 is 1.85 bits per heavy atom. The van der Waals surface area contributed by atoms with Crippen molar-refractivity contribution in [1.29, 1.82) is 5.26 Å². The predicted octanol–water partition coefficient (Wildman–Crippen LogP) is 5.70. The second-order valence-electron chi connectivity index (χ2n) is 9.49. The molecule has 0 bridgehead atoms. The van der Waals surface area contributed by atoms with E-state index in [4.69, 9.17) is 0 Å². The lowest BCUT2D eigenvalue weighted by Crippen LogP contribution is -2.58. The third-order valence-corrected chi connectivity index (χ3v) is 6.56. The van der Waals surface area contributed by atoms with Crippen LogP contribution in [0.25, 0.3) is 10.9 Å². The van der Waals surface area contributed by atoms with Gasteiger partial charge >= 0.3 is 6.18 Å². The Kier molecular flexibility index (Phi) is 5.29. The minimum Gasteiger partial charge on any atom is -0.506 e. The van der Waals surface area contributed by atoms with Gasteiger partial charge < -0.3 is 15.5 Å². The van der Waals surface area contributed by atoms with Crippen molar-refractivity contribution in [2.45, 2.75) is 57.3 Å². The summed E-state index contributed by atoms with van der Waals surface area (Å²) in [5.74, 6) is -1.25. The Balaban J connectivity index is 2.04. The molecule has 1 aromatic heterocycles. The second-order valence-corrected chi connectivity index (χ2v) is 9.49. The molecule has 1 aliphatic rings. The van der Waals surface area contributed by atoms with Crippen LogP contribution >= 0.6 is 0 Å². The first-order chi connectivity index (χ1) is 15.7. The van der Waals surface area contributed by atoms with Crippen LogP contribution in [0, 0.1) is 31.0 Å². The van der Waals surface area contributed by atoms with E-state index in [1.807, 2.05) is 6.07 Å². The molecule has 0 radical (unpaired) electrons. The van der Waals surface area contributed by atoms with Crippen molar-refractivity contribution in [3.8, 4) is 11.8 Å². The van der Waals surface area contributed by atoms with E-state index in [0.29, 0.717) is 11.2 Å². The number of aromatic hydroxyl groups is 1. The third-order valence-electron chi connectivity index (χ3n) is 6.56. The van der Waals surface area contributed by atoms with Gasteiger partial charge in [-0.25, -0.2) is 4.39 Å². The zero-order chi connectivity index (χ0) is 25.2. The Bertz CT molecular complexity index is 1360. The molecule has 34 heavy (non-hydrogen) atoms. The smallest absolute Gasteiger partial charge is 0.419 e. The van der Waals surface area contributed by atoms with Crippen LogP contribution in [0.1, 0.15) is 54.3 Å². The Hall–Kier alpha value is -3.38. The molecule has 2 unspecified atom stereocenters. The molecular weight excluding hydrogens is 450 g/mol. The molecule has 0 amide bonds. The number of pyridine rings is 1. The van der Waals surface area contributed by atoms with Gasteiger partial charge in [0.2, 0.25) is 0 Å². The van der Waals surface area contributed by atoms with Gasteiger partial charge in [-0.3, -0.25) is 4.98 Å². The highest BCUT2D eigenvalue weighted by Crippen LogP contribution is 2.57. The Labute approximate surface area is 193 Å². The Morgan fingerprint density at radius 3 is 2.47 bits per heavy atom. The number of nitriles is 1. The lowest BCUT2D eigenvalue weighted by Gasteiger charge is -2.49. The van der Waals surface area contributed by atoms with E-state index in [-0.39, 0.29) is 33.3 Å². The van der Waals surface area contributed by atoms with E-state index < -0.39 is 41.2 Å². The van der Waals surface area contributed by atoms with Gasteiger partial charge in [-0.15, -0.1) is 0 Å². The molecule has 0 saturated heterocycles. The number of benzene rings is 2. The van der Waals surface area contributed by atoms with Gasteiger partial charge in [-0.05, 0) is 61.1 Å². The highest BCUT2D eigenvalue weighted by atomic mass is 19.4. The average molecular weight is 473 g/mol. The van der Waals surface area contributed by atoms with E-state index in [0.717, 1.165) is 6.07 Å². The van der Waals surface area contributed by atoms with Crippen LogP contribution < -0.4 is 5.32 Å². The lowest BCUT2D eigenvalue weighted by molar-refractivity contribution is -0.276. The van der Waals surface area contributed by atoms with E-state index in [9.17, 15) is 33.0 Å². The first kappa shape index (κ1) is 23.8. The number of nitrogens with zero attached hydrogens (tertiary/aromatic N) is 2. The number of halogens is 4. The monoisotopic (exact) mass is 473 g/mol. The highest BCUT2D eigenvalue weighted by Gasteiger charge is 2.64. The molecular formula is C25H23F4N3O2. The van der Waals surface area contributed by atoms with Crippen LogP contribution in [-0.4, -0.2) is 27.0 Å². The van der Waals surface area contributed by atoms with Crippen LogP contribution in [0.4, 0.5) is 23.2 Å². The normalized spacial score (nSPS) is 21.7. The summed E-state index contributed by atoms with van der Waals surface area (Å²) < 4.78 is 58.2. The number of hydrogen-bond acceptors (Lipinski definition) is 5. The van der Waals surface area contributed by atoms with Crippen molar-refractivity contribution >= 4 is 16.6 Å². The summed E-state index contributed by atoms with van der Waals surface area (Å²) in [6.45, 7) is 6.13. The Morgan fingerprint density at radius 1 is 1.18 bits per heavy atom. The van der Waals surface area contributed by atoms with Gasteiger partial charge in [0.15, 0.2) is 5.60 Å². The highest BCUT2D eigenvalue weighted by molar-refractivity contribution is 5.92. The molecule has 1 heterocycles. The van der Waals surface area contributed by atoms with Gasteiger partial charge in [0.1, 0.15) is 17.6 Å². The lowest BCUT2D eigenvalue weighted by atomic mass is 9.62. The van der Waals surface area contributed by atoms with Crippen molar-refractivity contribution < 1.29 is 27.8 Å². The molecule has 2 aromatic carbocycles. The molecule has 0 aliphatic heterocycles. The fraction of sp³-hybridized carbons (Fsp3) is 0.360. The summed E-state index contributed by atoms with van der Waals surface area (Å²) in [5.41, 5.74) is -3.65. The SMILES string of the molecule is Cc1ccc2c(NC3c4cc(C)c(C#N)c(O)c4C(C)(C)CC3(O)C(F)(F)F)c(F)ccc2n1. The zero-order valence-electron chi connectivity index (χ0n) is 19.0. The molecule has 4 rings (SSSR count). The zero-order valence-corrected chi connectivity index (χ0v) is 19.0. The minimum atomic E-state index is -5.09. The predicted molar refractivity (Wildman–Crippen MR) is 119 cm³/mol. The van der Waals surface area contributed by atoms with Crippen LogP contribution in [0.5, 0.6) is 5.75 Å². The van der Waals surface area contributed by atoms with Crippen molar-refractivity contribution in [3.05, 3.63) is 64.1 Å². The molecule has 3 aromatic rings. The van der Waals surface area contributed by atoms with Crippen molar-refractivity contribution in [2.24, 2.45) is 0 Å². The minimum absolute atomic E-state index is 0.0541. The molecule has 0 saturated carbocycles. The summed E-state index contributed by atoms with van der Waals surface area (Å²) in [7, 11) is 0. The van der Waals surface area contributed by atoms with Gasteiger partial charge in [0, 0.05) is 16.6 Å². The molecule has 0 fully saturated rings. The summed E-state index contributed by atoms with van der Waals surface area (Å²) in [6, 6.07) is 7.03. The molecule has 9 heteroatoms. The van der Waals surface area contributed by atoms with Crippen molar-refractivity contribution in [3.63, 3.8) is 0 Å². The number of alkyl halides is 3.